The Morgan fingerprint density at radius 1 is 1.30 bits per heavy atom. The van der Waals surface area contributed by atoms with Crippen LogP contribution >= 0.6 is 11.6 Å². The summed E-state index contributed by atoms with van der Waals surface area (Å²) in [5.41, 5.74) is 1.90. The predicted octanol–water partition coefficient (Wildman–Crippen LogP) is 5.11. The summed E-state index contributed by atoms with van der Waals surface area (Å²) in [6, 6.07) is 6.86. The second-order valence-corrected chi connectivity index (χ2v) is 6.97. The zero-order valence-electron chi connectivity index (χ0n) is 16.8. The number of nitro groups is 1. The Morgan fingerprint density at radius 2 is 2.07 bits per heavy atom. The normalized spacial score (nSPS) is 11.7. The first-order valence-corrected chi connectivity index (χ1v) is 9.47. The summed E-state index contributed by atoms with van der Waals surface area (Å²) < 4.78 is 10.5. The number of allylic oxidation sites excluding steroid dienone is 1. The lowest BCUT2D eigenvalue weighted by atomic mass is 9.96. The second-order valence-electron chi connectivity index (χ2n) is 6.56. The van der Waals surface area contributed by atoms with E-state index in [4.69, 9.17) is 21.1 Å². The van der Waals surface area contributed by atoms with Gasteiger partial charge in [-0.25, -0.2) is 9.97 Å². The number of anilines is 1. The van der Waals surface area contributed by atoms with E-state index < -0.39 is 4.92 Å². The molecule has 3 rings (SSSR count). The maximum atomic E-state index is 11.7. The number of benzene rings is 2. The summed E-state index contributed by atoms with van der Waals surface area (Å²) >= 11 is 6.19. The van der Waals surface area contributed by atoms with E-state index >= 15 is 0 Å². The minimum atomic E-state index is -0.475. The summed E-state index contributed by atoms with van der Waals surface area (Å²) in [7, 11) is 2.95. The molecule has 3 aromatic rings. The molecule has 1 aromatic heterocycles. The molecule has 1 atom stereocenters. The fourth-order valence-corrected chi connectivity index (χ4v) is 3.51. The average Bonchev–Trinajstić information content (AvgIpc) is 2.75. The van der Waals surface area contributed by atoms with Crippen LogP contribution in [-0.4, -0.2) is 29.1 Å². The van der Waals surface area contributed by atoms with E-state index in [1.54, 1.807) is 25.3 Å². The van der Waals surface area contributed by atoms with Gasteiger partial charge in [0.15, 0.2) is 0 Å². The van der Waals surface area contributed by atoms with Gasteiger partial charge < -0.3 is 14.8 Å². The van der Waals surface area contributed by atoms with Crippen LogP contribution in [0.2, 0.25) is 5.02 Å². The Hall–Kier alpha value is -3.39. The Bertz CT molecular complexity index is 1120. The molecule has 2 aromatic carbocycles. The molecule has 0 amide bonds. The fourth-order valence-electron chi connectivity index (χ4n) is 3.23. The molecule has 0 aliphatic rings. The number of ether oxygens (including phenoxy) is 2. The second kappa shape index (κ2) is 8.96. The van der Waals surface area contributed by atoms with Crippen molar-refractivity contribution in [2.24, 2.45) is 0 Å². The van der Waals surface area contributed by atoms with Crippen molar-refractivity contribution >= 4 is 34.0 Å². The van der Waals surface area contributed by atoms with E-state index in [-0.39, 0.29) is 17.4 Å². The molecule has 0 saturated carbocycles. The highest BCUT2D eigenvalue weighted by Crippen LogP contribution is 2.42. The number of fused-ring (bicyclic) bond motifs is 1. The molecule has 0 radical (unpaired) electrons. The molecule has 0 bridgehead atoms. The lowest BCUT2D eigenvalue weighted by Crippen LogP contribution is -2.06. The van der Waals surface area contributed by atoms with E-state index in [1.165, 1.54) is 19.5 Å². The van der Waals surface area contributed by atoms with Crippen LogP contribution in [0.1, 0.15) is 24.0 Å². The van der Waals surface area contributed by atoms with Crippen LogP contribution < -0.4 is 14.8 Å². The Kier molecular flexibility index (Phi) is 6.37. The van der Waals surface area contributed by atoms with Gasteiger partial charge in [0.25, 0.3) is 0 Å². The minimum absolute atomic E-state index is 0.154. The van der Waals surface area contributed by atoms with E-state index in [0.29, 0.717) is 39.6 Å². The van der Waals surface area contributed by atoms with E-state index in [0.717, 1.165) is 5.56 Å². The third-order valence-corrected chi connectivity index (χ3v) is 5.08. The quantitative estimate of drug-likeness (QED) is 0.302. The molecule has 0 aliphatic carbocycles. The first-order valence-electron chi connectivity index (χ1n) is 9.10. The zero-order valence-corrected chi connectivity index (χ0v) is 17.6. The highest BCUT2D eigenvalue weighted by molar-refractivity contribution is 6.32. The molecule has 0 saturated heterocycles. The number of aromatic nitrogens is 2. The number of rotatable bonds is 8. The van der Waals surface area contributed by atoms with Crippen molar-refractivity contribution in [3.8, 4) is 11.5 Å². The largest absolute Gasteiger partial charge is 0.495 e. The molecule has 0 spiro atoms. The van der Waals surface area contributed by atoms with E-state index in [1.807, 2.05) is 13.0 Å². The van der Waals surface area contributed by atoms with Crippen molar-refractivity contribution in [3.63, 3.8) is 0 Å². The molecular formula is C21H21ClN4O4. The van der Waals surface area contributed by atoms with Gasteiger partial charge in [-0.2, -0.15) is 0 Å². The Morgan fingerprint density at radius 3 is 2.67 bits per heavy atom. The molecule has 156 valence electrons. The van der Waals surface area contributed by atoms with Gasteiger partial charge in [-0.15, -0.1) is 6.58 Å². The topological polar surface area (TPSA) is 99.4 Å². The molecule has 0 fully saturated rings. The van der Waals surface area contributed by atoms with Crippen molar-refractivity contribution in [2.45, 2.75) is 19.4 Å². The summed E-state index contributed by atoms with van der Waals surface area (Å²) in [6.45, 7) is 6.09. The summed E-state index contributed by atoms with van der Waals surface area (Å²) in [5.74, 6) is 1.01. The SMILES string of the molecule is C=CC(C)c1c(OC)c([N+](=O)[O-])cc2c(NCc3ccc(OC)c(Cl)c3)ncnc12. The highest BCUT2D eigenvalue weighted by Gasteiger charge is 2.26. The van der Waals surface area contributed by atoms with Gasteiger partial charge in [0.05, 0.1) is 35.1 Å². The summed E-state index contributed by atoms with van der Waals surface area (Å²) in [4.78, 5) is 19.9. The van der Waals surface area contributed by atoms with Crippen LogP contribution in [0.5, 0.6) is 11.5 Å². The summed E-state index contributed by atoms with van der Waals surface area (Å²) in [6.07, 6.45) is 3.10. The Labute approximate surface area is 178 Å². The van der Waals surface area contributed by atoms with Crippen LogP contribution in [0.25, 0.3) is 10.9 Å². The number of methoxy groups -OCH3 is 2. The molecule has 1 heterocycles. The van der Waals surface area contributed by atoms with Crippen LogP contribution in [0, 0.1) is 10.1 Å². The lowest BCUT2D eigenvalue weighted by Gasteiger charge is -2.17. The molecule has 1 N–H and O–H groups in total. The number of hydrogen-bond donors (Lipinski definition) is 1. The average molecular weight is 429 g/mol. The maximum Gasteiger partial charge on any atom is 0.312 e. The lowest BCUT2D eigenvalue weighted by molar-refractivity contribution is -0.385. The number of nitro benzene ring substituents is 1. The molecule has 30 heavy (non-hydrogen) atoms. The minimum Gasteiger partial charge on any atom is -0.495 e. The van der Waals surface area contributed by atoms with Gasteiger partial charge in [-0.1, -0.05) is 30.7 Å². The van der Waals surface area contributed by atoms with Gasteiger partial charge in [-0.05, 0) is 17.7 Å². The zero-order chi connectivity index (χ0) is 21.8. The Balaban J connectivity index is 2.10. The molecule has 0 aliphatic heterocycles. The van der Waals surface area contributed by atoms with Gasteiger partial charge in [0, 0.05) is 24.1 Å². The number of halogens is 1. The first-order chi connectivity index (χ1) is 14.4. The van der Waals surface area contributed by atoms with Gasteiger partial charge in [0.1, 0.15) is 17.9 Å². The maximum absolute atomic E-state index is 11.7. The van der Waals surface area contributed by atoms with Crippen LogP contribution in [0.4, 0.5) is 11.5 Å². The van der Waals surface area contributed by atoms with Gasteiger partial charge in [-0.3, -0.25) is 10.1 Å². The monoisotopic (exact) mass is 428 g/mol. The third-order valence-electron chi connectivity index (χ3n) is 4.78. The molecule has 9 heteroatoms. The van der Waals surface area contributed by atoms with Crippen molar-refractivity contribution < 1.29 is 14.4 Å². The van der Waals surface area contributed by atoms with Crippen LogP contribution in [0.15, 0.2) is 43.2 Å². The van der Waals surface area contributed by atoms with Crippen LogP contribution in [-0.2, 0) is 6.54 Å². The fraction of sp³-hybridized carbons (Fsp3) is 0.238. The molecular weight excluding hydrogens is 408 g/mol. The van der Waals surface area contributed by atoms with Crippen molar-refractivity contribution in [2.75, 3.05) is 19.5 Å². The predicted molar refractivity (Wildman–Crippen MR) is 117 cm³/mol. The number of nitrogens with zero attached hydrogens (tertiary/aromatic N) is 3. The molecule has 1 unspecified atom stereocenters. The smallest absolute Gasteiger partial charge is 0.312 e. The summed E-state index contributed by atoms with van der Waals surface area (Å²) in [5, 5.41) is 15.9. The molecule has 8 nitrogen and oxygen atoms in total. The van der Waals surface area contributed by atoms with Crippen molar-refractivity contribution in [1.82, 2.24) is 9.97 Å². The van der Waals surface area contributed by atoms with Gasteiger partial charge >= 0.3 is 5.69 Å². The third kappa shape index (κ3) is 3.99. The standard InChI is InChI=1S/C21H21ClN4O4/c1-5-12(2)18-19-14(9-16(26(27)28)20(18)30-4)21(25-11-24-19)23-10-13-6-7-17(29-3)15(22)8-13/h5-9,11-12H,1,10H2,2-4H3,(H,23,24,25). The van der Waals surface area contributed by atoms with Gasteiger partial charge in [0.2, 0.25) is 5.75 Å². The first kappa shape index (κ1) is 21.3. The number of hydrogen-bond acceptors (Lipinski definition) is 7. The van der Waals surface area contributed by atoms with E-state index in [2.05, 4.69) is 21.9 Å². The van der Waals surface area contributed by atoms with E-state index in [9.17, 15) is 10.1 Å². The van der Waals surface area contributed by atoms with Crippen molar-refractivity contribution in [1.29, 1.82) is 0 Å². The highest BCUT2D eigenvalue weighted by atomic mass is 35.5. The number of nitrogens with one attached hydrogen (secondary N) is 1. The van der Waals surface area contributed by atoms with Crippen LogP contribution in [0.3, 0.4) is 0 Å². The van der Waals surface area contributed by atoms with Crippen molar-refractivity contribution in [3.05, 3.63) is 69.5 Å².